The Balaban J connectivity index is 1.92. The van der Waals surface area contributed by atoms with Crippen molar-refractivity contribution in [3.05, 3.63) is 47.8 Å². The Labute approximate surface area is 110 Å². The number of hydrogen-bond donors (Lipinski definition) is 0. The number of rotatable bonds is 5. The summed E-state index contributed by atoms with van der Waals surface area (Å²) >= 11 is 3.46. The van der Waals surface area contributed by atoms with Gasteiger partial charge in [-0.3, -0.25) is 4.68 Å². The Morgan fingerprint density at radius 2 is 2.12 bits per heavy atom. The van der Waals surface area contributed by atoms with E-state index in [0.29, 0.717) is 6.61 Å². The highest BCUT2D eigenvalue weighted by molar-refractivity contribution is 9.08. The zero-order valence-electron chi connectivity index (χ0n) is 9.77. The average Bonchev–Trinajstić information content (AvgIpc) is 2.76. The number of halogens is 1. The van der Waals surface area contributed by atoms with Crippen LogP contribution in [0.2, 0.25) is 0 Å². The van der Waals surface area contributed by atoms with Crippen LogP contribution in [-0.2, 0) is 18.8 Å². The van der Waals surface area contributed by atoms with Crippen molar-refractivity contribution in [2.24, 2.45) is 7.05 Å². The van der Waals surface area contributed by atoms with Crippen LogP contribution in [0.1, 0.15) is 11.3 Å². The molecule has 0 atom stereocenters. The van der Waals surface area contributed by atoms with Crippen LogP contribution in [0.4, 0.5) is 0 Å². The Morgan fingerprint density at radius 3 is 2.82 bits per heavy atom. The highest BCUT2D eigenvalue weighted by Gasteiger charge is 2.02. The quantitative estimate of drug-likeness (QED) is 0.793. The summed E-state index contributed by atoms with van der Waals surface area (Å²) < 4.78 is 7.66. The third kappa shape index (κ3) is 3.09. The van der Waals surface area contributed by atoms with Crippen molar-refractivity contribution in [3.63, 3.8) is 0 Å². The summed E-state index contributed by atoms with van der Waals surface area (Å²) in [4.78, 5) is 0. The highest BCUT2D eigenvalue weighted by atomic mass is 79.9. The lowest BCUT2D eigenvalue weighted by Crippen LogP contribution is -2.06. The van der Waals surface area contributed by atoms with Gasteiger partial charge in [0.2, 0.25) is 0 Å². The topological polar surface area (TPSA) is 27.1 Å². The van der Waals surface area contributed by atoms with Crippen LogP contribution in [0.25, 0.3) is 0 Å². The largest absolute Gasteiger partial charge is 0.493 e. The van der Waals surface area contributed by atoms with Crippen LogP contribution in [0.15, 0.2) is 36.5 Å². The number of hydrogen-bond acceptors (Lipinski definition) is 2. The first-order valence-corrected chi connectivity index (χ1v) is 6.67. The van der Waals surface area contributed by atoms with Gasteiger partial charge in [0.05, 0.1) is 6.61 Å². The van der Waals surface area contributed by atoms with E-state index in [4.69, 9.17) is 4.74 Å². The lowest BCUT2D eigenvalue weighted by atomic mass is 10.2. The molecule has 0 aliphatic rings. The van der Waals surface area contributed by atoms with E-state index in [1.54, 1.807) is 0 Å². The van der Waals surface area contributed by atoms with E-state index in [1.165, 1.54) is 11.3 Å². The monoisotopic (exact) mass is 294 g/mol. The van der Waals surface area contributed by atoms with Gasteiger partial charge in [0, 0.05) is 36.3 Å². The molecule has 0 aliphatic carbocycles. The molecule has 1 aromatic heterocycles. The van der Waals surface area contributed by atoms with E-state index in [0.717, 1.165) is 17.5 Å². The maximum Gasteiger partial charge on any atom is 0.123 e. The Bertz CT molecular complexity index is 482. The van der Waals surface area contributed by atoms with Crippen LogP contribution in [-0.4, -0.2) is 16.4 Å². The lowest BCUT2D eigenvalue weighted by molar-refractivity contribution is 0.316. The maximum atomic E-state index is 5.79. The summed E-state index contributed by atoms with van der Waals surface area (Å²) in [6, 6.07) is 10.1. The summed E-state index contributed by atoms with van der Waals surface area (Å²) in [6.45, 7) is 0.670. The molecule has 2 aromatic rings. The molecular weight excluding hydrogens is 280 g/mol. The Morgan fingerprint density at radius 1 is 1.29 bits per heavy atom. The Kier molecular flexibility index (Phi) is 4.20. The van der Waals surface area contributed by atoms with E-state index in [-0.39, 0.29) is 0 Å². The first-order chi connectivity index (χ1) is 8.31. The number of nitrogens with zero attached hydrogens (tertiary/aromatic N) is 2. The molecule has 0 saturated heterocycles. The molecule has 17 heavy (non-hydrogen) atoms. The fraction of sp³-hybridized carbons (Fsp3) is 0.308. The molecule has 90 valence electrons. The third-order valence-electron chi connectivity index (χ3n) is 2.65. The van der Waals surface area contributed by atoms with Crippen molar-refractivity contribution >= 4 is 15.9 Å². The lowest BCUT2D eigenvalue weighted by Gasteiger charge is -2.09. The fourth-order valence-corrected chi connectivity index (χ4v) is 2.13. The zero-order chi connectivity index (χ0) is 12.1. The molecule has 4 heteroatoms. The molecule has 0 radical (unpaired) electrons. The minimum Gasteiger partial charge on any atom is -0.493 e. The minimum absolute atomic E-state index is 0.670. The van der Waals surface area contributed by atoms with Gasteiger partial charge in [-0.2, -0.15) is 5.10 Å². The number of para-hydroxylation sites is 1. The summed E-state index contributed by atoms with van der Waals surface area (Å²) in [5.74, 6) is 0.951. The molecule has 0 spiro atoms. The van der Waals surface area contributed by atoms with Crippen molar-refractivity contribution in [3.8, 4) is 5.75 Å². The first kappa shape index (κ1) is 12.2. The Hall–Kier alpha value is -1.29. The van der Waals surface area contributed by atoms with Crippen LogP contribution in [0, 0.1) is 0 Å². The highest BCUT2D eigenvalue weighted by Crippen LogP contribution is 2.20. The summed E-state index contributed by atoms with van der Waals surface area (Å²) in [5, 5.41) is 4.94. The third-order valence-corrected chi connectivity index (χ3v) is 3.26. The number of benzene rings is 1. The van der Waals surface area contributed by atoms with Crippen molar-refractivity contribution in [2.75, 3.05) is 6.61 Å². The van der Waals surface area contributed by atoms with E-state index < -0.39 is 0 Å². The van der Waals surface area contributed by atoms with Crippen molar-refractivity contribution in [1.82, 2.24) is 9.78 Å². The summed E-state index contributed by atoms with van der Waals surface area (Å²) in [5.41, 5.74) is 2.36. The van der Waals surface area contributed by atoms with E-state index in [2.05, 4.69) is 27.1 Å². The molecular formula is C13H15BrN2O. The molecule has 0 N–H and O–H groups in total. The van der Waals surface area contributed by atoms with Gasteiger partial charge in [0.15, 0.2) is 0 Å². The van der Waals surface area contributed by atoms with Crippen LogP contribution in [0.5, 0.6) is 5.75 Å². The molecule has 0 saturated carbocycles. The number of ether oxygens (including phenoxy) is 1. The van der Waals surface area contributed by atoms with Crippen molar-refractivity contribution in [1.29, 1.82) is 0 Å². The smallest absolute Gasteiger partial charge is 0.123 e. The van der Waals surface area contributed by atoms with Crippen molar-refractivity contribution < 1.29 is 4.74 Å². The van der Waals surface area contributed by atoms with Gasteiger partial charge in [-0.15, -0.1) is 0 Å². The van der Waals surface area contributed by atoms with Gasteiger partial charge in [0.25, 0.3) is 0 Å². The number of aryl methyl sites for hydroxylation is 1. The van der Waals surface area contributed by atoms with Gasteiger partial charge in [0.1, 0.15) is 5.75 Å². The van der Waals surface area contributed by atoms with Crippen LogP contribution < -0.4 is 4.74 Å². The second-order valence-electron chi connectivity index (χ2n) is 3.79. The van der Waals surface area contributed by atoms with E-state index in [1.807, 2.05) is 42.2 Å². The van der Waals surface area contributed by atoms with E-state index >= 15 is 0 Å². The standard InChI is InChI=1S/C13H15BrN2O/c1-16-12(6-8-15-16)7-9-17-13-5-3-2-4-11(13)10-14/h2-6,8H,7,9-10H2,1H3. The van der Waals surface area contributed by atoms with Crippen molar-refractivity contribution in [2.45, 2.75) is 11.8 Å². The predicted octanol–water partition coefficient (Wildman–Crippen LogP) is 2.94. The molecule has 0 amide bonds. The van der Waals surface area contributed by atoms with Crippen LogP contribution in [0.3, 0.4) is 0 Å². The fourth-order valence-electron chi connectivity index (χ4n) is 1.67. The van der Waals surface area contributed by atoms with Crippen LogP contribution >= 0.6 is 15.9 Å². The van der Waals surface area contributed by atoms with Gasteiger partial charge >= 0.3 is 0 Å². The summed E-state index contributed by atoms with van der Waals surface area (Å²) in [6.07, 6.45) is 2.68. The average molecular weight is 295 g/mol. The number of aromatic nitrogens is 2. The van der Waals surface area contributed by atoms with Gasteiger partial charge in [-0.25, -0.2) is 0 Å². The first-order valence-electron chi connectivity index (χ1n) is 5.55. The number of alkyl halides is 1. The molecule has 2 rings (SSSR count). The molecule has 1 aromatic carbocycles. The maximum absolute atomic E-state index is 5.79. The van der Waals surface area contributed by atoms with Gasteiger partial charge in [-0.05, 0) is 12.1 Å². The normalized spacial score (nSPS) is 10.5. The van der Waals surface area contributed by atoms with Gasteiger partial charge in [-0.1, -0.05) is 34.1 Å². The molecule has 3 nitrogen and oxygen atoms in total. The van der Waals surface area contributed by atoms with Gasteiger partial charge < -0.3 is 4.74 Å². The molecule has 0 bridgehead atoms. The predicted molar refractivity (Wildman–Crippen MR) is 71.5 cm³/mol. The zero-order valence-corrected chi connectivity index (χ0v) is 11.4. The minimum atomic E-state index is 0.670. The molecule has 0 aliphatic heterocycles. The second kappa shape index (κ2) is 5.87. The summed E-state index contributed by atoms with van der Waals surface area (Å²) in [7, 11) is 1.95. The molecule has 1 heterocycles. The second-order valence-corrected chi connectivity index (χ2v) is 4.35. The van der Waals surface area contributed by atoms with E-state index in [9.17, 15) is 0 Å². The molecule has 0 unspecified atom stereocenters. The SMILES string of the molecule is Cn1nccc1CCOc1ccccc1CBr. The molecule has 0 fully saturated rings.